The number of para-hydroxylation sites is 1. The first-order valence-corrected chi connectivity index (χ1v) is 11.7. The predicted molar refractivity (Wildman–Crippen MR) is 110 cm³/mol. The summed E-state index contributed by atoms with van der Waals surface area (Å²) in [5, 5.41) is 6.81. The number of sulfone groups is 1. The molecule has 1 aromatic heterocycles. The number of carbonyl (C=O) groups is 2. The molecule has 0 saturated carbocycles. The van der Waals surface area contributed by atoms with Crippen molar-refractivity contribution in [2.75, 3.05) is 24.6 Å². The van der Waals surface area contributed by atoms with Crippen molar-refractivity contribution in [3.05, 3.63) is 35.5 Å². The lowest BCUT2D eigenvalue weighted by Crippen LogP contribution is -2.48. The smallest absolute Gasteiger partial charge is 0.317 e. The molecular formula is C20H26N4O4S. The lowest BCUT2D eigenvalue weighted by atomic mass is 10.0. The van der Waals surface area contributed by atoms with Crippen LogP contribution in [0.2, 0.25) is 0 Å². The molecule has 156 valence electrons. The molecule has 3 N–H and O–H groups in total. The molecular weight excluding hydrogens is 392 g/mol. The average Bonchev–Trinajstić information content (AvgIpc) is 3.16. The Morgan fingerprint density at radius 3 is 2.83 bits per heavy atom. The maximum Gasteiger partial charge on any atom is 0.317 e. The number of nitrogens with one attached hydrogen (secondary N) is 3. The third-order valence-corrected chi connectivity index (χ3v) is 7.65. The summed E-state index contributed by atoms with van der Waals surface area (Å²) in [6.07, 6.45) is 1.33. The third kappa shape index (κ3) is 4.24. The second-order valence-electron chi connectivity index (χ2n) is 8.23. The molecule has 0 unspecified atom stereocenters. The quantitative estimate of drug-likeness (QED) is 0.695. The van der Waals surface area contributed by atoms with Gasteiger partial charge in [-0.25, -0.2) is 13.2 Å². The Morgan fingerprint density at radius 2 is 2.07 bits per heavy atom. The Bertz CT molecular complexity index is 1060. The molecule has 3 amide bonds. The molecule has 4 rings (SSSR count). The van der Waals surface area contributed by atoms with E-state index in [9.17, 15) is 18.0 Å². The fraction of sp³-hybridized carbons (Fsp3) is 0.500. The Balaban J connectivity index is 1.27. The maximum atomic E-state index is 12.5. The van der Waals surface area contributed by atoms with Gasteiger partial charge in [0.15, 0.2) is 9.84 Å². The topological polar surface area (TPSA) is 111 Å². The second kappa shape index (κ2) is 7.37. The minimum Gasteiger partial charge on any atom is -0.357 e. The van der Waals surface area contributed by atoms with E-state index in [2.05, 4.69) is 21.7 Å². The van der Waals surface area contributed by atoms with Crippen molar-refractivity contribution in [3.8, 4) is 0 Å². The number of urea groups is 1. The monoisotopic (exact) mass is 418 g/mol. The molecule has 1 atom stereocenters. The maximum absolute atomic E-state index is 12.5. The number of rotatable bonds is 4. The van der Waals surface area contributed by atoms with E-state index in [0.717, 1.165) is 17.6 Å². The van der Waals surface area contributed by atoms with E-state index in [1.807, 2.05) is 18.2 Å². The van der Waals surface area contributed by atoms with Gasteiger partial charge in [0, 0.05) is 36.1 Å². The first-order valence-electron chi connectivity index (χ1n) is 9.87. The number of amides is 3. The highest BCUT2D eigenvalue weighted by atomic mass is 32.2. The van der Waals surface area contributed by atoms with Crippen molar-refractivity contribution in [2.24, 2.45) is 0 Å². The molecule has 1 aromatic carbocycles. The number of carbonyl (C=O) groups excluding carboxylic acids is 2. The fourth-order valence-electron chi connectivity index (χ4n) is 4.27. The molecule has 0 bridgehead atoms. The molecule has 0 radical (unpaired) electrons. The van der Waals surface area contributed by atoms with Crippen LogP contribution in [-0.4, -0.2) is 60.4 Å². The van der Waals surface area contributed by atoms with Gasteiger partial charge in [-0.2, -0.15) is 0 Å². The van der Waals surface area contributed by atoms with Crippen molar-refractivity contribution < 1.29 is 18.0 Å². The summed E-state index contributed by atoms with van der Waals surface area (Å²) >= 11 is 0. The van der Waals surface area contributed by atoms with Gasteiger partial charge in [-0.3, -0.25) is 4.79 Å². The number of fused-ring (bicyclic) bond motifs is 3. The lowest BCUT2D eigenvalue weighted by molar-refractivity contribution is -0.122. The van der Waals surface area contributed by atoms with Gasteiger partial charge >= 0.3 is 6.03 Å². The molecule has 0 aliphatic carbocycles. The van der Waals surface area contributed by atoms with E-state index in [1.54, 1.807) is 11.8 Å². The first kappa shape index (κ1) is 19.8. The van der Waals surface area contributed by atoms with Crippen LogP contribution in [0.3, 0.4) is 0 Å². The lowest BCUT2D eigenvalue weighted by Gasteiger charge is -2.27. The van der Waals surface area contributed by atoms with Crippen LogP contribution in [0.5, 0.6) is 0 Å². The highest BCUT2D eigenvalue weighted by Gasteiger charge is 2.39. The van der Waals surface area contributed by atoms with E-state index < -0.39 is 15.4 Å². The SMILES string of the molecule is C[C@@]1(NC(=O)CCNC(=O)N2CCc3c([nH]c4ccccc34)C2)CCS(=O)(=O)C1. The van der Waals surface area contributed by atoms with Gasteiger partial charge in [0.1, 0.15) is 0 Å². The van der Waals surface area contributed by atoms with Gasteiger partial charge in [0.05, 0.1) is 23.6 Å². The summed E-state index contributed by atoms with van der Waals surface area (Å²) in [5.41, 5.74) is 2.70. The van der Waals surface area contributed by atoms with Gasteiger partial charge in [0.25, 0.3) is 0 Å². The molecule has 8 nitrogen and oxygen atoms in total. The number of aromatic nitrogens is 1. The molecule has 0 spiro atoms. The van der Waals surface area contributed by atoms with Crippen LogP contribution < -0.4 is 10.6 Å². The highest BCUT2D eigenvalue weighted by molar-refractivity contribution is 7.91. The molecule has 29 heavy (non-hydrogen) atoms. The van der Waals surface area contributed by atoms with E-state index >= 15 is 0 Å². The van der Waals surface area contributed by atoms with Crippen LogP contribution in [0.4, 0.5) is 4.79 Å². The average molecular weight is 419 g/mol. The van der Waals surface area contributed by atoms with Crippen LogP contribution in [0.15, 0.2) is 24.3 Å². The number of hydrogen-bond donors (Lipinski definition) is 3. The zero-order chi connectivity index (χ0) is 20.6. The Hall–Kier alpha value is -2.55. The molecule has 3 heterocycles. The normalized spacial score (nSPS) is 23.0. The van der Waals surface area contributed by atoms with Crippen molar-refractivity contribution in [2.45, 2.75) is 38.3 Å². The van der Waals surface area contributed by atoms with Crippen LogP contribution in [0.25, 0.3) is 10.9 Å². The standard InChI is InChI=1S/C20H26N4O4S/c1-20(8-11-29(27,28)13-20)23-18(25)6-9-21-19(26)24-10-7-15-14-4-2-3-5-16(14)22-17(15)12-24/h2-5,22H,6-13H2,1H3,(H,21,26)(H,23,25)/t20-/m1/s1. The zero-order valence-corrected chi connectivity index (χ0v) is 17.3. The molecule has 9 heteroatoms. The van der Waals surface area contributed by atoms with E-state index in [-0.39, 0.29) is 36.4 Å². The van der Waals surface area contributed by atoms with Gasteiger partial charge in [-0.1, -0.05) is 18.2 Å². The minimum absolute atomic E-state index is 0.0291. The van der Waals surface area contributed by atoms with Crippen LogP contribution >= 0.6 is 0 Å². The summed E-state index contributed by atoms with van der Waals surface area (Å²) in [6.45, 7) is 3.10. The van der Waals surface area contributed by atoms with E-state index in [4.69, 9.17) is 0 Å². The van der Waals surface area contributed by atoms with E-state index in [0.29, 0.717) is 19.5 Å². The Kier molecular flexibility index (Phi) is 5.02. The molecule has 1 fully saturated rings. The molecule has 1 saturated heterocycles. The summed E-state index contributed by atoms with van der Waals surface area (Å²) in [7, 11) is -3.08. The van der Waals surface area contributed by atoms with Crippen LogP contribution in [0.1, 0.15) is 31.0 Å². The number of nitrogens with zero attached hydrogens (tertiary/aromatic N) is 1. The number of aromatic amines is 1. The summed E-state index contributed by atoms with van der Waals surface area (Å²) in [4.78, 5) is 29.8. The fourth-order valence-corrected chi connectivity index (χ4v) is 6.36. The number of H-pyrrole nitrogens is 1. The molecule has 2 aromatic rings. The van der Waals surface area contributed by atoms with Crippen molar-refractivity contribution in [1.82, 2.24) is 20.5 Å². The van der Waals surface area contributed by atoms with E-state index in [1.165, 1.54) is 10.9 Å². The van der Waals surface area contributed by atoms with Gasteiger partial charge in [0.2, 0.25) is 5.91 Å². The third-order valence-electron chi connectivity index (χ3n) is 5.74. The number of hydrogen-bond acceptors (Lipinski definition) is 4. The molecule has 2 aliphatic rings. The van der Waals surface area contributed by atoms with Crippen molar-refractivity contribution in [3.63, 3.8) is 0 Å². The summed E-state index contributed by atoms with van der Waals surface area (Å²) < 4.78 is 23.3. The van der Waals surface area contributed by atoms with Gasteiger partial charge < -0.3 is 20.5 Å². The Morgan fingerprint density at radius 1 is 1.28 bits per heavy atom. The predicted octanol–water partition coefficient (Wildman–Crippen LogP) is 1.32. The Labute approximate surface area is 169 Å². The van der Waals surface area contributed by atoms with Crippen LogP contribution in [-0.2, 0) is 27.6 Å². The second-order valence-corrected chi connectivity index (χ2v) is 10.4. The van der Waals surface area contributed by atoms with Crippen molar-refractivity contribution >= 4 is 32.7 Å². The van der Waals surface area contributed by atoms with Gasteiger partial charge in [-0.15, -0.1) is 0 Å². The largest absolute Gasteiger partial charge is 0.357 e. The first-order chi connectivity index (χ1) is 13.7. The summed E-state index contributed by atoms with van der Waals surface area (Å²) in [5.74, 6) is -0.175. The van der Waals surface area contributed by atoms with Crippen molar-refractivity contribution in [1.29, 1.82) is 0 Å². The molecule has 2 aliphatic heterocycles. The van der Waals surface area contributed by atoms with Gasteiger partial charge in [-0.05, 0) is 31.4 Å². The highest BCUT2D eigenvalue weighted by Crippen LogP contribution is 2.27. The minimum atomic E-state index is -3.08. The zero-order valence-electron chi connectivity index (χ0n) is 16.5. The van der Waals surface area contributed by atoms with Crippen LogP contribution in [0, 0.1) is 0 Å². The number of benzene rings is 1. The summed E-state index contributed by atoms with van der Waals surface area (Å²) in [6, 6.07) is 7.93.